The quantitative estimate of drug-likeness (QED) is 0.733. The van der Waals surface area contributed by atoms with E-state index in [-0.39, 0.29) is 6.61 Å². The number of carbonyl (C=O) groups excluding carboxylic acids is 2. The number of benzene rings is 2. The Hall–Kier alpha value is -2.37. The Kier molecular flexibility index (Phi) is 6.14. The molecule has 0 unspecified atom stereocenters. The summed E-state index contributed by atoms with van der Waals surface area (Å²) in [5.74, 6) is -1.61. The van der Waals surface area contributed by atoms with Crippen molar-refractivity contribution in [3.63, 3.8) is 0 Å². The van der Waals surface area contributed by atoms with E-state index in [1.807, 2.05) is 30.3 Å². The van der Waals surface area contributed by atoms with Crippen molar-refractivity contribution in [2.45, 2.75) is 12.5 Å². The number of anilines is 1. The molecule has 0 aromatic heterocycles. The molecule has 1 atom stereocenters. The molecule has 2 aromatic carbocycles. The van der Waals surface area contributed by atoms with E-state index in [9.17, 15) is 14.7 Å². The van der Waals surface area contributed by atoms with Crippen LogP contribution in [0.25, 0.3) is 0 Å². The summed E-state index contributed by atoms with van der Waals surface area (Å²) < 4.78 is 0. The van der Waals surface area contributed by atoms with Crippen LogP contribution in [0, 0.1) is 0 Å². The van der Waals surface area contributed by atoms with Crippen molar-refractivity contribution in [2.24, 2.45) is 0 Å². The molecule has 5 nitrogen and oxygen atoms in total. The van der Waals surface area contributed by atoms with Crippen LogP contribution in [0.2, 0.25) is 5.02 Å². The van der Waals surface area contributed by atoms with E-state index in [0.29, 0.717) is 17.1 Å². The molecule has 23 heavy (non-hydrogen) atoms. The van der Waals surface area contributed by atoms with Crippen LogP contribution >= 0.6 is 11.6 Å². The van der Waals surface area contributed by atoms with Crippen molar-refractivity contribution < 1.29 is 14.7 Å². The fraction of sp³-hybridized carbons (Fsp3) is 0.176. The van der Waals surface area contributed by atoms with Crippen molar-refractivity contribution in [3.8, 4) is 0 Å². The third-order valence-corrected chi connectivity index (χ3v) is 3.40. The van der Waals surface area contributed by atoms with E-state index in [1.165, 1.54) is 0 Å². The summed E-state index contributed by atoms with van der Waals surface area (Å²) in [5.41, 5.74) is 1.39. The summed E-state index contributed by atoms with van der Waals surface area (Å²) >= 11 is 5.82. The molecule has 0 heterocycles. The topological polar surface area (TPSA) is 78.4 Å². The van der Waals surface area contributed by atoms with E-state index in [2.05, 4.69) is 10.6 Å². The molecular formula is C17H17ClN2O3. The van der Waals surface area contributed by atoms with Crippen LogP contribution in [0.15, 0.2) is 54.6 Å². The second kappa shape index (κ2) is 8.31. The molecule has 0 aliphatic carbocycles. The minimum atomic E-state index is -0.807. The van der Waals surface area contributed by atoms with Gasteiger partial charge in [-0.25, -0.2) is 0 Å². The Morgan fingerprint density at radius 1 is 1.04 bits per heavy atom. The average molecular weight is 333 g/mol. The average Bonchev–Trinajstić information content (AvgIpc) is 2.55. The summed E-state index contributed by atoms with van der Waals surface area (Å²) in [6, 6.07) is 15.4. The molecule has 0 saturated heterocycles. The molecule has 0 fully saturated rings. The summed E-state index contributed by atoms with van der Waals surface area (Å²) in [6.45, 7) is -0.259. The predicted octanol–water partition coefficient (Wildman–Crippen LogP) is 2.00. The van der Waals surface area contributed by atoms with Gasteiger partial charge >= 0.3 is 11.8 Å². The Labute approximate surface area is 139 Å². The van der Waals surface area contributed by atoms with E-state index in [0.717, 1.165) is 5.56 Å². The molecule has 0 aliphatic heterocycles. The van der Waals surface area contributed by atoms with Gasteiger partial charge in [-0.3, -0.25) is 9.59 Å². The van der Waals surface area contributed by atoms with Crippen LogP contribution in [0.3, 0.4) is 0 Å². The number of rotatable bonds is 5. The maximum Gasteiger partial charge on any atom is 0.313 e. The zero-order valence-electron chi connectivity index (χ0n) is 12.3. The zero-order valence-corrected chi connectivity index (χ0v) is 13.1. The van der Waals surface area contributed by atoms with E-state index < -0.39 is 17.9 Å². The minimum Gasteiger partial charge on any atom is -0.394 e. The van der Waals surface area contributed by atoms with E-state index in [1.54, 1.807) is 24.3 Å². The molecule has 2 aromatic rings. The third kappa shape index (κ3) is 5.39. The van der Waals surface area contributed by atoms with Crippen molar-refractivity contribution in [2.75, 3.05) is 11.9 Å². The zero-order chi connectivity index (χ0) is 16.7. The molecule has 2 rings (SSSR count). The first-order chi connectivity index (χ1) is 11.1. The summed E-state index contributed by atoms with van der Waals surface area (Å²) in [5, 5.41) is 14.8. The van der Waals surface area contributed by atoms with Gasteiger partial charge in [-0.15, -0.1) is 0 Å². The number of amides is 2. The van der Waals surface area contributed by atoms with Crippen molar-refractivity contribution in [3.05, 3.63) is 65.2 Å². The molecule has 2 amide bonds. The lowest BCUT2D eigenvalue weighted by atomic mass is 10.1. The normalized spacial score (nSPS) is 11.6. The number of aliphatic hydroxyl groups is 1. The highest BCUT2D eigenvalue weighted by Crippen LogP contribution is 2.14. The lowest BCUT2D eigenvalue weighted by Crippen LogP contribution is -2.44. The Morgan fingerprint density at radius 2 is 1.78 bits per heavy atom. The Bertz CT molecular complexity index is 677. The molecule has 0 radical (unpaired) electrons. The SMILES string of the molecule is O=C(Nc1cccc(Cl)c1)C(=O)N[C@@H](CO)Cc1ccccc1. The molecule has 0 saturated carbocycles. The van der Waals surface area contributed by atoms with E-state index >= 15 is 0 Å². The molecule has 3 N–H and O–H groups in total. The maximum absolute atomic E-state index is 11.9. The molecule has 0 aliphatic rings. The summed E-state index contributed by atoms with van der Waals surface area (Å²) in [6.07, 6.45) is 0.438. The first-order valence-electron chi connectivity index (χ1n) is 7.10. The monoisotopic (exact) mass is 332 g/mol. The van der Waals surface area contributed by atoms with Crippen molar-refractivity contribution in [1.29, 1.82) is 0 Å². The molecular weight excluding hydrogens is 316 g/mol. The number of aliphatic hydroxyl groups excluding tert-OH is 1. The molecule has 0 bridgehead atoms. The van der Waals surface area contributed by atoms with Gasteiger partial charge < -0.3 is 15.7 Å². The van der Waals surface area contributed by atoms with Crippen molar-refractivity contribution in [1.82, 2.24) is 5.32 Å². The molecule has 6 heteroatoms. The Morgan fingerprint density at radius 3 is 2.43 bits per heavy atom. The number of hydrogen-bond donors (Lipinski definition) is 3. The van der Waals surface area contributed by atoms with Crippen LogP contribution in [-0.2, 0) is 16.0 Å². The lowest BCUT2D eigenvalue weighted by Gasteiger charge is -2.16. The van der Waals surface area contributed by atoms with Gasteiger partial charge in [0.25, 0.3) is 0 Å². The van der Waals surface area contributed by atoms with Gasteiger partial charge in [0.2, 0.25) is 0 Å². The van der Waals surface area contributed by atoms with Gasteiger partial charge in [-0.05, 0) is 30.2 Å². The van der Waals surface area contributed by atoms with Gasteiger partial charge in [-0.2, -0.15) is 0 Å². The summed E-state index contributed by atoms with van der Waals surface area (Å²) in [7, 11) is 0. The summed E-state index contributed by atoms with van der Waals surface area (Å²) in [4.78, 5) is 23.8. The highest BCUT2D eigenvalue weighted by atomic mass is 35.5. The highest BCUT2D eigenvalue weighted by Gasteiger charge is 2.18. The van der Waals surface area contributed by atoms with Crippen LogP contribution in [0.5, 0.6) is 0 Å². The first-order valence-corrected chi connectivity index (χ1v) is 7.48. The largest absolute Gasteiger partial charge is 0.394 e. The Balaban J connectivity index is 1.92. The van der Waals surface area contributed by atoms with E-state index in [4.69, 9.17) is 11.6 Å². The fourth-order valence-electron chi connectivity index (χ4n) is 2.06. The maximum atomic E-state index is 11.9. The van der Waals surface area contributed by atoms with Gasteiger partial charge in [0.15, 0.2) is 0 Å². The lowest BCUT2D eigenvalue weighted by molar-refractivity contribution is -0.136. The van der Waals surface area contributed by atoms with Crippen LogP contribution in [0.4, 0.5) is 5.69 Å². The molecule has 0 spiro atoms. The van der Waals surface area contributed by atoms with Gasteiger partial charge in [0.1, 0.15) is 0 Å². The van der Waals surface area contributed by atoms with Gasteiger partial charge in [-0.1, -0.05) is 48.0 Å². The highest BCUT2D eigenvalue weighted by molar-refractivity contribution is 6.40. The number of hydrogen-bond acceptors (Lipinski definition) is 3. The second-order valence-corrected chi connectivity index (χ2v) is 5.44. The third-order valence-electron chi connectivity index (χ3n) is 3.17. The van der Waals surface area contributed by atoms with Crippen LogP contribution in [-0.4, -0.2) is 29.6 Å². The van der Waals surface area contributed by atoms with Crippen LogP contribution in [0.1, 0.15) is 5.56 Å². The van der Waals surface area contributed by atoms with Gasteiger partial charge in [0, 0.05) is 10.7 Å². The first kappa shape index (κ1) is 17.0. The number of nitrogens with one attached hydrogen (secondary N) is 2. The smallest absolute Gasteiger partial charge is 0.313 e. The molecule has 120 valence electrons. The number of carbonyl (C=O) groups is 2. The minimum absolute atomic E-state index is 0.259. The number of halogens is 1. The predicted molar refractivity (Wildman–Crippen MR) is 89.2 cm³/mol. The second-order valence-electron chi connectivity index (χ2n) is 5.01. The standard InChI is InChI=1S/C17H17ClN2O3/c18-13-7-4-8-14(10-13)19-16(22)17(23)20-15(11-21)9-12-5-2-1-3-6-12/h1-8,10,15,21H,9,11H2,(H,19,22)(H,20,23)/t15-/m1/s1. The van der Waals surface area contributed by atoms with Crippen LogP contribution < -0.4 is 10.6 Å². The van der Waals surface area contributed by atoms with Crippen molar-refractivity contribution >= 4 is 29.1 Å². The van der Waals surface area contributed by atoms with Gasteiger partial charge in [0.05, 0.1) is 12.6 Å². The fourth-order valence-corrected chi connectivity index (χ4v) is 2.26.